The van der Waals surface area contributed by atoms with Gasteiger partial charge in [0.2, 0.25) is 5.91 Å². The molecule has 3 aromatic rings. The number of amides is 1. The van der Waals surface area contributed by atoms with Crippen molar-refractivity contribution in [3.63, 3.8) is 0 Å². The van der Waals surface area contributed by atoms with Crippen LogP contribution in [0.15, 0.2) is 72.1 Å². The number of hydrogen-bond donors (Lipinski definition) is 1. The largest absolute Gasteiger partial charge is 0.344 e. The van der Waals surface area contributed by atoms with Gasteiger partial charge in [-0.2, -0.15) is 0 Å². The van der Waals surface area contributed by atoms with Crippen LogP contribution in [-0.4, -0.2) is 25.9 Å². The lowest BCUT2D eigenvalue weighted by molar-refractivity contribution is -0.120. The van der Waals surface area contributed by atoms with Crippen LogP contribution >= 0.6 is 11.8 Å². The van der Waals surface area contributed by atoms with Crippen molar-refractivity contribution in [1.29, 1.82) is 0 Å². The van der Waals surface area contributed by atoms with Gasteiger partial charge in [0.05, 0.1) is 11.3 Å². The molecule has 0 saturated heterocycles. The number of benzene rings is 2. The molecule has 1 heterocycles. The SMILES string of the molecule is CC(Sc1nncn1C)C(=O)NC(c1ccccc1)c1ccccc1. The number of hydrogen-bond acceptors (Lipinski definition) is 4. The van der Waals surface area contributed by atoms with Crippen molar-refractivity contribution >= 4 is 17.7 Å². The first-order valence-corrected chi connectivity index (χ1v) is 8.94. The van der Waals surface area contributed by atoms with E-state index in [4.69, 9.17) is 0 Å². The first kappa shape index (κ1) is 17.2. The Morgan fingerprint density at radius 2 is 1.60 bits per heavy atom. The molecular formula is C19H20N4OS. The maximum atomic E-state index is 12.7. The van der Waals surface area contributed by atoms with Crippen molar-refractivity contribution in [2.45, 2.75) is 23.4 Å². The molecular weight excluding hydrogens is 332 g/mol. The number of thioether (sulfide) groups is 1. The van der Waals surface area contributed by atoms with Gasteiger partial charge in [-0.1, -0.05) is 72.4 Å². The monoisotopic (exact) mass is 352 g/mol. The zero-order chi connectivity index (χ0) is 17.6. The molecule has 0 saturated carbocycles. The minimum Gasteiger partial charge on any atom is -0.344 e. The topological polar surface area (TPSA) is 59.8 Å². The third kappa shape index (κ3) is 4.28. The van der Waals surface area contributed by atoms with E-state index >= 15 is 0 Å². The summed E-state index contributed by atoms with van der Waals surface area (Å²) in [5, 5.41) is 11.5. The van der Waals surface area contributed by atoms with Crippen LogP contribution in [-0.2, 0) is 11.8 Å². The van der Waals surface area contributed by atoms with Crippen LogP contribution in [0.25, 0.3) is 0 Å². The van der Waals surface area contributed by atoms with Gasteiger partial charge in [0.1, 0.15) is 6.33 Å². The Morgan fingerprint density at radius 3 is 2.08 bits per heavy atom. The predicted octanol–water partition coefficient (Wildman–Crippen LogP) is 3.20. The molecule has 1 amide bonds. The van der Waals surface area contributed by atoms with Crippen LogP contribution in [0.3, 0.4) is 0 Å². The first-order chi connectivity index (χ1) is 12.1. The molecule has 2 aromatic carbocycles. The van der Waals surface area contributed by atoms with Gasteiger partial charge in [0.15, 0.2) is 5.16 Å². The maximum Gasteiger partial charge on any atom is 0.234 e. The summed E-state index contributed by atoms with van der Waals surface area (Å²) in [7, 11) is 1.86. The number of aromatic nitrogens is 3. The number of nitrogens with zero attached hydrogens (tertiary/aromatic N) is 3. The fraction of sp³-hybridized carbons (Fsp3) is 0.211. The van der Waals surface area contributed by atoms with Gasteiger partial charge in [0, 0.05) is 7.05 Å². The fourth-order valence-corrected chi connectivity index (χ4v) is 3.30. The van der Waals surface area contributed by atoms with E-state index in [9.17, 15) is 4.79 Å². The van der Waals surface area contributed by atoms with Gasteiger partial charge >= 0.3 is 0 Å². The molecule has 3 rings (SSSR count). The fourth-order valence-electron chi connectivity index (χ4n) is 2.50. The number of aryl methyl sites for hydroxylation is 1. The summed E-state index contributed by atoms with van der Waals surface area (Å²) in [5.41, 5.74) is 2.11. The summed E-state index contributed by atoms with van der Waals surface area (Å²) in [6.07, 6.45) is 1.63. The Hall–Kier alpha value is -2.60. The molecule has 0 fully saturated rings. The van der Waals surface area contributed by atoms with Gasteiger partial charge in [-0.15, -0.1) is 10.2 Å². The van der Waals surface area contributed by atoms with Crippen molar-refractivity contribution in [2.75, 3.05) is 0 Å². The van der Waals surface area contributed by atoms with Gasteiger partial charge in [-0.3, -0.25) is 4.79 Å². The Bertz CT molecular complexity index is 780. The molecule has 1 aromatic heterocycles. The average Bonchev–Trinajstić information content (AvgIpc) is 3.05. The molecule has 1 N–H and O–H groups in total. The van der Waals surface area contributed by atoms with Crippen LogP contribution < -0.4 is 5.32 Å². The molecule has 1 unspecified atom stereocenters. The van der Waals surface area contributed by atoms with E-state index in [1.54, 1.807) is 10.9 Å². The molecule has 0 aliphatic rings. The van der Waals surface area contributed by atoms with Crippen LogP contribution in [0, 0.1) is 0 Å². The molecule has 0 radical (unpaired) electrons. The van der Waals surface area contributed by atoms with E-state index in [1.807, 2.05) is 74.6 Å². The van der Waals surface area contributed by atoms with Crippen LogP contribution in [0.4, 0.5) is 0 Å². The van der Waals surface area contributed by atoms with E-state index in [0.29, 0.717) is 0 Å². The number of rotatable bonds is 6. The van der Waals surface area contributed by atoms with E-state index < -0.39 is 0 Å². The highest BCUT2D eigenvalue weighted by atomic mass is 32.2. The lowest BCUT2D eigenvalue weighted by atomic mass is 9.98. The molecule has 0 bridgehead atoms. The second-order valence-corrected chi connectivity index (χ2v) is 7.06. The van der Waals surface area contributed by atoms with Crippen LogP contribution in [0.1, 0.15) is 24.1 Å². The highest BCUT2D eigenvalue weighted by Gasteiger charge is 2.22. The lowest BCUT2D eigenvalue weighted by Gasteiger charge is -2.21. The summed E-state index contributed by atoms with van der Waals surface area (Å²) >= 11 is 1.39. The molecule has 1 atom stereocenters. The Morgan fingerprint density at radius 1 is 1.04 bits per heavy atom. The van der Waals surface area contributed by atoms with Gasteiger partial charge in [-0.05, 0) is 18.1 Å². The van der Waals surface area contributed by atoms with Crippen molar-refractivity contribution in [2.24, 2.45) is 7.05 Å². The summed E-state index contributed by atoms with van der Waals surface area (Å²) in [5.74, 6) is -0.0364. The molecule has 5 nitrogen and oxygen atoms in total. The second-order valence-electron chi connectivity index (χ2n) is 5.75. The summed E-state index contributed by atoms with van der Waals surface area (Å²) < 4.78 is 1.81. The van der Waals surface area contributed by atoms with E-state index in [0.717, 1.165) is 16.3 Å². The van der Waals surface area contributed by atoms with Crippen molar-refractivity contribution in [3.05, 3.63) is 78.1 Å². The van der Waals surface area contributed by atoms with Crippen LogP contribution in [0.2, 0.25) is 0 Å². The minimum atomic E-state index is -0.280. The number of carbonyl (C=O) groups is 1. The predicted molar refractivity (Wildman–Crippen MR) is 99.2 cm³/mol. The van der Waals surface area contributed by atoms with E-state index in [1.165, 1.54) is 11.8 Å². The first-order valence-electron chi connectivity index (χ1n) is 8.06. The summed E-state index contributed by atoms with van der Waals surface area (Å²) in [4.78, 5) is 12.7. The zero-order valence-electron chi connectivity index (χ0n) is 14.2. The summed E-state index contributed by atoms with van der Waals surface area (Å²) in [6.45, 7) is 1.88. The van der Waals surface area contributed by atoms with Gasteiger partial charge < -0.3 is 9.88 Å². The normalized spacial score (nSPS) is 12.1. The maximum absolute atomic E-state index is 12.7. The van der Waals surface area contributed by atoms with Gasteiger partial charge in [-0.25, -0.2) is 0 Å². The quantitative estimate of drug-likeness (QED) is 0.692. The van der Waals surface area contributed by atoms with Crippen molar-refractivity contribution in [1.82, 2.24) is 20.1 Å². The molecule has 128 valence electrons. The van der Waals surface area contributed by atoms with Crippen LogP contribution in [0.5, 0.6) is 0 Å². The summed E-state index contributed by atoms with van der Waals surface area (Å²) in [6, 6.07) is 19.8. The van der Waals surface area contributed by atoms with E-state index in [-0.39, 0.29) is 17.2 Å². The molecule has 0 spiro atoms. The molecule has 0 aliphatic carbocycles. The molecule has 25 heavy (non-hydrogen) atoms. The Kier molecular flexibility index (Phi) is 5.50. The smallest absolute Gasteiger partial charge is 0.234 e. The zero-order valence-corrected chi connectivity index (χ0v) is 15.0. The lowest BCUT2D eigenvalue weighted by Crippen LogP contribution is -2.35. The van der Waals surface area contributed by atoms with Crippen molar-refractivity contribution < 1.29 is 4.79 Å². The van der Waals surface area contributed by atoms with E-state index in [2.05, 4.69) is 15.5 Å². The third-order valence-electron chi connectivity index (χ3n) is 3.87. The van der Waals surface area contributed by atoms with Crippen molar-refractivity contribution in [3.8, 4) is 0 Å². The Balaban J connectivity index is 1.78. The molecule has 0 aliphatic heterocycles. The molecule has 6 heteroatoms. The Labute approximate surface area is 151 Å². The van der Waals surface area contributed by atoms with Gasteiger partial charge in [0.25, 0.3) is 0 Å². The number of carbonyl (C=O) groups excluding carboxylic acids is 1. The average molecular weight is 352 g/mol. The highest BCUT2D eigenvalue weighted by molar-refractivity contribution is 8.00. The third-order valence-corrected chi connectivity index (χ3v) is 5.02. The second kappa shape index (κ2) is 7.98. The minimum absolute atomic E-state index is 0.0364. The highest BCUT2D eigenvalue weighted by Crippen LogP contribution is 2.25. The number of nitrogens with one attached hydrogen (secondary N) is 1. The standard InChI is InChI=1S/C19H20N4OS/c1-14(25-19-22-20-13-23(19)2)18(24)21-17(15-9-5-3-6-10-15)16-11-7-4-8-12-16/h3-14,17H,1-2H3,(H,21,24).